The van der Waals surface area contributed by atoms with Crippen LogP contribution in [0.2, 0.25) is 0 Å². The first-order valence-electron chi connectivity index (χ1n) is 9.77. The molecule has 0 fully saturated rings. The van der Waals surface area contributed by atoms with Crippen molar-refractivity contribution in [2.75, 3.05) is 19.4 Å². The fourth-order valence-corrected chi connectivity index (χ4v) is 2.93. The summed E-state index contributed by atoms with van der Waals surface area (Å²) in [6.07, 6.45) is 2.30. The Hall–Kier alpha value is -4.54. The summed E-state index contributed by atoms with van der Waals surface area (Å²) in [5.41, 5.74) is 1.49. The van der Waals surface area contributed by atoms with Crippen molar-refractivity contribution in [2.45, 2.75) is 12.5 Å². The average Bonchev–Trinajstić information content (AvgIpc) is 2.80. The van der Waals surface area contributed by atoms with Crippen molar-refractivity contribution >= 4 is 23.6 Å². The number of nitrogens with one attached hydrogen (secondary N) is 1. The summed E-state index contributed by atoms with van der Waals surface area (Å²) in [6, 6.07) is 11.3. The zero-order chi connectivity index (χ0) is 24.0. The predicted octanol–water partition coefficient (Wildman–Crippen LogP) is 3.22. The number of carboxylic acid groups (broad SMARTS) is 1. The van der Waals surface area contributed by atoms with Crippen LogP contribution in [0, 0.1) is 10.1 Å². The summed E-state index contributed by atoms with van der Waals surface area (Å²) in [4.78, 5) is 43.5. The SMILES string of the molecule is CN(C)C(=O)Oc1ccc(C[C@H](Nc2ncncc2-c2cccc([N+](=O)[O-])c2)C(=O)O)cc1. The van der Waals surface area contributed by atoms with Gasteiger partial charge in [0.25, 0.3) is 5.69 Å². The topological polar surface area (TPSA) is 148 Å². The molecule has 1 atom stereocenters. The van der Waals surface area contributed by atoms with Gasteiger partial charge in [0, 0.05) is 44.4 Å². The second-order valence-corrected chi connectivity index (χ2v) is 7.24. The predicted molar refractivity (Wildman–Crippen MR) is 119 cm³/mol. The molecule has 0 spiro atoms. The van der Waals surface area contributed by atoms with E-state index in [0.29, 0.717) is 22.4 Å². The van der Waals surface area contributed by atoms with Gasteiger partial charge < -0.3 is 20.1 Å². The van der Waals surface area contributed by atoms with Crippen molar-refractivity contribution in [3.63, 3.8) is 0 Å². The number of carboxylic acids is 1. The lowest BCUT2D eigenvalue weighted by Gasteiger charge is -2.18. The van der Waals surface area contributed by atoms with Crippen molar-refractivity contribution in [1.29, 1.82) is 0 Å². The number of hydrogen-bond acceptors (Lipinski definition) is 8. The molecule has 3 rings (SSSR count). The molecule has 170 valence electrons. The minimum Gasteiger partial charge on any atom is -0.480 e. The molecule has 0 saturated carbocycles. The first kappa shape index (κ1) is 23.1. The molecule has 0 bridgehead atoms. The molecule has 0 saturated heterocycles. The Morgan fingerprint density at radius 1 is 1.21 bits per heavy atom. The number of carbonyl (C=O) groups excluding carboxylic acids is 1. The van der Waals surface area contributed by atoms with Crippen molar-refractivity contribution in [1.82, 2.24) is 14.9 Å². The minimum absolute atomic E-state index is 0.104. The molecule has 1 heterocycles. The van der Waals surface area contributed by atoms with Gasteiger partial charge in [-0.25, -0.2) is 19.6 Å². The van der Waals surface area contributed by atoms with E-state index >= 15 is 0 Å². The lowest BCUT2D eigenvalue weighted by molar-refractivity contribution is -0.384. The van der Waals surface area contributed by atoms with E-state index < -0.39 is 23.0 Å². The Kier molecular flexibility index (Phi) is 7.13. The van der Waals surface area contributed by atoms with Gasteiger partial charge in [-0.05, 0) is 23.3 Å². The van der Waals surface area contributed by atoms with Crippen molar-refractivity contribution in [3.05, 3.63) is 76.7 Å². The van der Waals surface area contributed by atoms with Crippen LogP contribution in [0.1, 0.15) is 5.56 Å². The standard InChI is InChI=1S/C22H21N5O6/c1-26(2)22(30)33-17-8-6-14(7-9-17)10-19(21(28)29)25-20-18(12-23-13-24-20)15-4-3-5-16(11-15)27(31)32/h3-9,11-13,19H,10H2,1-2H3,(H,28,29)(H,23,24,25)/t19-/m0/s1. The van der Waals surface area contributed by atoms with Crippen LogP contribution in [-0.4, -0.2) is 57.1 Å². The van der Waals surface area contributed by atoms with Crippen LogP contribution in [0.4, 0.5) is 16.3 Å². The molecule has 3 aromatic rings. The molecule has 0 aliphatic carbocycles. The van der Waals surface area contributed by atoms with E-state index in [-0.39, 0.29) is 17.9 Å². The van der Waals surface area contributed by atoms with Gasteiger partial charge in [-0.3, -0.25) is 10.1 Å². The van der Waals surface area contributed by atoms with Crippen LogP contribution in [-0.2, 0) is 11.2 Å². The second-order valence-electron chi connectivity index (χ2n) is 7.24. The fourth-order valence-electron chi connectivity index (χ4n) is 2.93. The zero-order valence-electron chi connectivity index (χ0n) is 17.8. The first-order valence-corrected chi connectivity index (χ1v) is 9.77. The minimum atomic E-state index is -1.11. The lowest BCUT2D eigenvalue weighted by Crippen LogP contribution is -2.32. The summed E-state index contributed by atoms with van der Waals surface area (Å²) in [5, 5.41) is 23.7. The average molecular weight is 451 g/mol. The summed E-state index contributed by atoms with van der Waals surface area (Å²) in [7, 11) is 3.13. The van der Waals surface area contributed by atoms with Crippen LogP contribution >= 0.6 is 0 Å². The van der Waals surface area contributed by atoms with Gasteiger partial charge in [-0.2, -0.15) is 0 Å². The van der Waals surface area contributed by atoms with E-state index in [1.165, 1.54) is 35.6 Å². The van der Waals surface area contributed by atoms with E-state index in [1.807, 2.05) is 0 Å². The Bertz CT molecular complexity index is 1170. The molecule has 2 aromatic carbocycles. The summed E-state index contributed by atoms with van der Waals surface area (Å²) < 4.78 is 5.16. The van der Waals surface area contributed by atoms with Crippen molar-refractivity contribution in [3.8, 4) is 16.9 Å². The number of amides is 1. The Morgan fingerprint density at radius 3 is 2.58 bits per heavy atom. The van der Waals surface area contributed by atoms with Gasteiger partial charge in [0.2, 0.25) is 0 Å². The van der Waals surface area contributed by atoms with Crippen molar-refractivity contribution < 1.29 is 24.4 Å². The van der Waals surface area contributed by atoms with Crippen LogP contribution < -0.4 is 10.1 Å². The number of nitrogens with zero attached hydrogens (tertiary/aromatic N) is 4. The third-order valence-corrected chi connectivity index (χ3v) is 4.62. The Labute approximate surface area is 188 Å². The van der Waals surface area contributed by atoms with Gasteiger partial charge >= 0.3 is 12.1 Å². The zero-order valence-corrected chi connectivity index (χ0v) is 17.8. The van der Waals surface area contributed by atoms with Crippen molar-refractivity contribution in [2.24, 2.45) is 0 Å². The monoisotopic (exact) mass is 451 g/mol. The van der Waals surface area contributed by atoms with Crippen LogP contribution in [0.25, 0.3) is 11.1 Å². The normalized spacial score (nSPS) is 11.3. The lowest BCUT2D eigenvalue weighted by atomic mass is 10.0. The molecular weight excluding hydrogens is 430 g/mol. The number of hydrogen-bond donors (Lipinski definition) is 2. The number of aliphatic carboxylic acids is 1. The van der Waals surface area contributed by atoms with Crippen LogP contribution in [0.15, 0.2) is 61.1 Å². The quantitative estimate of drug-likeness (QED) is 0.389. The molecule has 1 amide bonds. The number of rotatable bonds is 8. The summed E-state index contributed by atoms with van der Waals surface area (Å²) >= 11 is 0. The van der Waals surface area contributed by atoms with E-state index in [4.69, 9.17) is 4.74 Å². The highest BCUT2D eigenvalue weighted by atomic mass is 16.6. The summed E-state index contributed by atoms with van der Waals surface area (Å²) in [6.45, 7) is 0. The maximum Gasteiger partial charge on any atom is 0.414 e. The van der Waals surface area contributed by atoms with E-state index in [0.717, 1.165) is 0 Å². The highest BCUT2D eigenvalue weighted by Gasteiger charge is 2.21. The molecule has 2 N–H and O–H groups in total. The molecule has 11 nitrogen and oxygen atoms in total. The number of anilines is 1. The van der Waals surface area contributed by atoms with E-state index in [9.17, 15) is 24.8 Å². The number of nitro groups is 1. The number of non-ortho nitro benzene ring substituents is 1. The number of benzene rings is 2. The van der Waals surface area contributed by atoms with E-state index in [1.54, 1.807) is 44.4 Å². The third-order valence-electron chi connectivity index (χ3n) is 4.62. The largest absolute Gasteiger partial charge is 0.480 e. The second kappa shape index (κ2) is 10.2. The molecule has 0 unspecified atom stereocenters. The van der Waals surface area contributed by atoms with E-state index in [2.05, 4.69) is 15.3 Å². The Morgan fingerprint density at radius 2 is 1.94 bits per heavy atom. The molecule has 11 heteroatoms. The van der Waals surface area contributed by atoms with Gasteiger partial charge in [0.1, 0.15) is 23.9 Å². The van der Waals surface area contributed by atoms with Gasteiger partial charge in [0.05, 0.1) is 4.92 Å². The molecular formula is C22H21N5O6. The maximum atomic E-state index is 11.9. The maximum absolute atomic E-state index is 11.9. The molecule has 0 radical (unpaired) electrons. The van der Waals surface area contributed by atoms with Gasteiger partial charge in [-0.15, -0.1) is 0 Å². The highest BCUT2D eigenvalue weighted by molar-refractivity contribution is 5.82. The number of nitro benzene ring substituents is 1. The molecule has 1 aromatic heterocycles. The molecule has 0 aliphatic rings. The Balaban J connectivity index is 1.80. The third kappa shape index (κ3) is 6.00. The van der Waals surface area contributed by atoms with Gasteiger partial charge in [0.15, 0.2) is 0 Å². The highest BCUT2D eigenvalue weighted by Crippen LogP contribution is 2.29. The number of aromatic nitrogens is 2. The molecule has 33 heavy (non-hydrogen) atoms. The number of carbonyl (C=O) groups is 2. The fraction of sp³-hybridized carbons (Fsp3) is 0.182. The summed E-state index contributed by atoms with van der Waals surface area (Å²) in [5.74, 6) is -0.544. The number of ether oxygens (including phenoxy) is 1. The van der Waals surface area contributed by atoms with Crippen LogP contribution in [0.3, 0.4) is 0 Å². The van der Waals surface area contributed by atoms with Gasteiger partial charge in [-0.1, -0.05) is 24.3 Å². The first-order chi connectivity index (χ1) is 15.7. The molecule has 0 aliphatic heterocycles. The smallest absolute Gasteiger partial charge is 0.414 e. The van der Waals surface area contributed by atoms with Crippen LogP contribution in [0.5, 0.6) is 5.75 Å².